The molecule has 0 aliphatic carbocycles. The van der Waals surface area contributed by atoms with E-state index in [-0.39, 0.29) is 39.0 Å². The van der Waals surface area contributed by atoms with Crippen molar-refractivity contribution in [2.45, 2.75) is 42.5 Å². The van der Waals surface area contributed by atoms with Gasteiger partial charge in [-0.3, -0.25) is 4.79 Å². The van der Waals surface area contributed by atoms with Gasteiger partial charge in [0.2, 0.25) is 15.7 Å². The lowest BCUT2D eigenvalue weighted by Gasteiger charge is -2.40. The largest absolute Gasteiger partial charge is 0.503 e. The molecule has 4 aromatic carbocycles. The van der Waals surface area contributed by atoms with E-state index in [9.17, 15) is 18.3 Å². The molecule has 1 atom stereocenters. The molecule has 10 nitrogen and oxygen atoms in total. The number of hydrogen-bond acceptors (Lipinski definition) is 8. The number of ether oxygens (including phenoxy) is 1. The minimum absolute atomic E-state index is 0.0451. The number of sulfone groups is 1. The van der Waals surface area contributed by atoms with Crippen LogP contribution >= 0.6 is 15.9 Å². The molecule has 2 aliphatic rings. The number of nitrogens with one attached hydrogen (secondary N) is 1. The summed E-state index contributed by atoms with van der Waals surface area (Å²) >= 11 is 3.46. The molecule has 2 aliphatic heterocycles. The Kier molecular flexibility index (Phi) is 7.44. The Morgan fingerprint density at radius 3 is 2.30 bits per heavy atom. The van der Waals surface area contributed by atoms with Crippen molar-refractivity contribution in [2.75, 3.05) is 17.3 Å². The van der Waals surface area contributed by atoms with E-state index in [1.54, 1.807) is 53.2 Å². The summed E-state index contributed by atoms with van der Waals surface area (Å²) in [7, 11) is -2.28. The van der Waals surface area contributed by atoms with E-state index in [1.165, 1.54) is 7.11 Å². The molecule has 1 unspecified atom stereocenters. The van der Waals surface area contributed by atoms with Crippen LogP contribution in [0, 0.1) is 6.92 Å². The van der Waals surface area contributed by atoms with Gasteiger partial charge >= 0.3 is 0 Å². The van der Waals surface area contributed by atoms with Crippen LogP contribution in [0.15, 0.2) is 104 Å². The van der Waals surface area contributed by atoms with Crippen LogP contribution < -0.4 is 15.0 Å². The predicted octanol–water partition coefficient (Wildman–Crippen LogP) is 7.21. The van der Waals surface area contributed by atoms with Gasteiger partial charge in [-0.05, 0) is 101 Å². The first-order valence-electron chi connectivity index (χ1n) is 14.9. The molecule has 0 radical (unpaired) electrons. The fourth-order valence-electron chi connectivity index (χ4n) is 6.08. The number of anilines is 2. The first kappa shape index (κ1) is 30.7. The highest BCUT2D eigenvalue weighted by Gasteiger charge is 2.43. The average molecular weight is 713 g/mol. The fourth-order valence-corrected chi connectivity index (χ4v) is 7.80. The van der Waals surface area contributed by atoms with Crippen LogP contribution in [0.2, 0.25) is 0 Å². The van der Waals surface area contributed by atoms with Crippen molar-refractivity contribution < 1.29 is 23.1 Å². The maximum Gasteiger partial charge on any atom is 0.291 e. The van der Waals surface area contributed by atoms with Gasteiger partial charge in [-0.15, -0.1) is 0 Å². The number of phenols is 1. The maximum absolute atomic E-state index is 13.6. The number of nitrogens with zero attached hydrogens (tertiary/aromatic N) is 4. The molecule has 0 saturated carbocycles. The number of methoxy groups -OCH3 is 1. The number of amidine groups is 1. The summed E-state index contributed by atoms with van der Waals surface area (Å²) in [5.41, 5.74) is 5.12. The number of aromatic nitrogens is 2. The van der Waals surface area contributed by atoms with E-state index in [0.29, 0.717) is 27.4 Å². The Labute approximate surface area is 280 Å². The Balaban J connectivity index is 1.37. The number of benzene rings is 4. The molecule has 7 rings (SSSR count). The monoisotopic (exact) mass is 711 g/mol. The highest BCUT2D eigenvalue weighted by molar-refractivity contribution is 9.10. The Bertz CT molecular complexity index is 2210. The second kappa shape index (κ2) is 11.4. The lowest BCUT2D eigenvalue weighted by molar-refractivity contribution is -0.110. The van der Waals surface area contributed by atoms with Crippen molar-refractivity contribution in [1.29, 1.82) is 0 Å². The van der Waals surface area contributed by atoms with E-state index in [1.807, 2.05) is 48.2 Å². The summed E-state index contributed by atoms with van der Waals surface area (Å²) in [6.45, 7) is 5.98. The molecule has 0 bridgehead atoms. The van der Waals surface area contributed by atoms with Gasteiger partial charge in [-0.25, -0.2) is 18.1 Å². The van der Waals surface area contributed by atoms with Crippen molar-refractivity contribution >= 4 is 54.7 Å². The number of phenolic OH excluding ortho intramolecular Hbond substituents is 1. The fraction of sp³-hybridized carbons (Fsp3) is 0.171. The van der Waals surface area contributed by atoms with E-state index in [4.69, 9.17) is 14.8 Å². The van der Waals surface area contributed by atoms with Gasteiger partial charge in [0.15, 0.2) is 17.3 Å². The minimum atomic E-state index is -3.76. The first-order valence-corrected chi connectivity index (χ1v) is 17.2. The van der Waals surface area contributed by atoms with Crippen LogP contribution in [0.4, 0.5) is 17.2 Å². The van der Waals surface area contributed by atoms with Crippen LogP contribution in [0.3, 0.4) is 0 Å². The normalized spacial score (nSPS) is 15.4. The van der Waals surface area contributed by atoms with Crippen molar-refractivity contribution in [3.63, 3.8) is 0 Å². The Morgan fingerprint density at radius 2 is 1.64 bits per heavy atom. The molecular weight excluding hydrogens is 682 g/mol. The Hall–Kier alpha value is -4.94. The van der Waals surface area contributed by atoms with Gasteiger partial charge < -0.3 is 20.1 Å². The van der Waals surface area contributed by atoms with Crippen LogP contribution in [-0.4, -0.2) is 42.2 Å². The SMILES string of the molecule is COc1cc(C2c3c(C)nn(-c4ccc(S(=O)(=O)c5ccc(C(C)C)cc5)cc4)c3N=C3C(=O)Nc4ccccc4N32)cc(Br)c1O. The third kappa shape index (κ3) is 4.99. The molecule has 0 spiro atoms. The van der Waals surface area contributed by atoms with Crippen molar-refractivity contribution in [3.8, 4) is 17.2 Å². The standard InChI is InChI=1S/C35H30BrN5O5S/c1-19(2)21-9-13-24(14-10-21)47(44,45)25-15-11-23(12-16-25)41-33-30(20(3)39-41)31(22-17-26(36)32(42)29(18-22)46-4)40-28-8-6-5-7-27(28)37-35(43)34(40)38-33/h5-19,31,42H,1-4H3,(H,37,43). The van der Waals surface area contributed by atoms with Crippen molar-refractivity contribution in [1.82, 2.24) is 9.78 Å². The van der Waals surface area contributed by atoms with E-state index in [2.05, 4.69) is 35.1 Å². The number of aromatic hydroxyl groups is 1. The summed E-state index contributed by atoms with van der Waals surface area (Å²) in [4.78, 5) is 20.7. The van der Waals surface area contributed by atoms with Gasteiger partial charge in [-0.2, -0.15) is 5.10 Å². The number of carbonyl (C=O) groups excluding carboxylic acids is 1. The molecular formula is C35H30BrN5O5S. The van der Waals surface area contributed by atoms with Gasteiger partial charge in [0.05, 0.1) is 50.2 Å². The molecule has 5 aromatic rings. The van der Waals surface area contributed by atoms with Gasteiger partial charge in [0.1, 0.15) is 0 Å². The topological polar surface area (TPSA) is 126 Å². The zero-order valence-corrected chi connectivity index (χ0v) is 28.3. The number of aryl methyl sites for hydroxylation is 1. The Morgan fingerprint density at radius 1 is 0.979 bits per heavy atom. The molecule has 1 aromatic heterocycles. The van der Waals surface area contributed by atoms with Crippen LogP contribution in [-0.2, 0) is 14.6 Å². The third-order valence-corrected chi connectivity index (χ3v) is 10.9. The molecule has 0 saturated heterocycles. The first-order chi connectivity index (χ1) is 22.5. The van der Waals surface area contributed by atoms with E-state index >= 15 is 0 Å². The summed E-state index contributed by atoms with van der Waals surface area (Å²) < 4.78 is 34.5. The zero-order chi connectivity index (χ0) is 33.2. The van der Waals surface area contributed by atoms with Crippen LogP contribution in [0.1, 0.15) is 48.2 Å². The second-order valence-electron chi connectivity index (χ2n) is 11.7. The number of para-hydroxylation sites is 2. The quantitative estimate of drug-likeness (QED) is 0.191. The van der Waals surface area contributed by atoms with E-state index < -0.39 is 15.9 Å². The molecule has 1 amide bonds. The lowest BCUT2D eigenvalue weighted by atomic mass is 9.93. The molecule has 0 fully saturated rings. The highest BCUT2D eigenvalue weighted by atomic mass is 79.9. The molecule has 238 valence electrons. The average Bonchev–Trinajstić information content (AvgIpc) is 3.41. The molecule has 2 N–H and O–H groups in total. The lowest BCUT2D eigenvalue weighted by Crippen LogP contribution is -2.48. The second-order valence-corrected chi connectivity index (χ2v) is 14.5. The summed E-state index contributed by atoms with van der Waals surface area (Å²) in [6.07, 6.45) is 0. The number of fused-ring (bicyclic) bond motifs is 4. The predicted molar refractivity (Wildman–Crippen MR) is 183 cm³/mol. The summed E-state index contributed by atoms with van der Waals surface area (Å²) in [5.74, 6) is 0.703. The number of rotatable bonds is 6. The molecule has 3 heterocycles. The number of carbonyl (C=O) groups is 1. The number of halogens is 1. The molecule has 47 heavy (non-hydrogen) atoms. The van der Waals surface area contributed by atoms with Gasteiger partial charge in [0.25, 0.3) is 5.91 Å². The number of hydrogen-bond donors (Lipinski definition) is 2. The third-order valence-electron chi connectivity index (χ3n) is 8.50. The van der Waals surface area contributed by atoms with Crippen LogP contribution in [0.25, 0.3) is 5.69 Å². The zero-order valence-electron chi connectivity index (χ0n) is 25.9. The van der Waals surface area contributed by atoms with Gasteiger partial charge in [-0.1, -0.05) is 38.1 Å². The van der Waals surface area contributed by atoms with Gasteiger partial charge in [0, 0.05) is 5.56 Å². The minimum Gasteiger partial charge on any atom is -0.503 e. The maximum atomic E-state index is 13.6. The summed E-state index contributed by atoms with van der Waals surface area (Å²) in [6, 6.07) is 23.8. The number of aliphatic imine (C=N–C) groups is 1. The van der Waals surface area contributed by atoms with E-state index in [0.717, 1.165) is 22.4 Å². The highest BCUT2D eigenvalue weighted by Crippen LogP contribution is 2.49. The van der Waals surface area contributed by atoms with Crippen molar-refractivity contribution in [3.05, 3.63) is 112 Å². The van der Waals surface area contributed by atoms with Crippen LogP contribution in [0.5, 0.6) is 11.5 Å². The number of amides is 1. The smallest absolute Gasteiger partial charge is 0.291 e. The molecule has 12 heteroatoms. The van der Waals surface area contributed by atoms with Crippen molar-refractivity contribution in [2.24, 2.45) is 4.99 Å². The summed E-state index contributed by atoms with van der Waals surface area (Å²) in [5, 5.41) is 18.4.